The molecule has 3 heteroatoms. The van der Waals surface area contributed by atoms with E-state index < -0.39 is 0 Å². The molecule has 1 saturated carbocycles. The Balaban J connectivity index is 1.44. The first kappa shape index (κ1) is 15.5. The van der Waals surface area contributed by atoms with Crippen LogP contribution in [0.4, 0.5) is 0 Å². The van der Waals surface area contributed by atoms with Crippen LogP contribution in [0.3, 0.4) is 0 Å². The van der Waals surface area contributed by atoms with Crippen molar-refractivity contribution in [1.29, 1.82) is 0 Å². The third-order valence-corrected chi connectivity index (χ3v) is 6.22. The Labute approximate surface area is 137 Å². The van der Waals surface area contributed by atoms with Crippen molar-refractivity contribution in [2.75, 3.05) is 26.7 Å². The van der Waals surface area contributed by atoms with Gasteiger partial charge in [-0.15, -0.1) is 0 Å². The van der Waals surface area contributed by atoms with Gasteiger partial charge in [-0.05, 0) is 68.8 Å². The lowest BCUT2D eigenvalue weighted by molar-refractivity contribution is 0.125. The molecule has 2 aliphatic rings. The van der Waals surface area contributed by atoms with Gasteiger partial charge in [-0.25, -0.2) is 0 Å². The monoisotopic (exact) mass is 350 g/mol. The molecule has 0 radical (unpaired) electrons. The molecule has 0 amide bonds. The quantitative estimate of drug-likeness (QED) is 0.882. The Morgan fingerprint density at radius 3 is 2.57 bits per heavy atom. The zero-order valence-corrected chi connectivity index (χ0v) is 14.8. The summed E-state index contributed by atoms with van der Waals surface area (Å²) >= 11 is 3.68. The fourth-order valence-electron chi connectivity index (χ4n) is 3.57. The maximum Gasteiger partial charge on any atom is 0.0210 e. The molecule has 2 nitrogen and oxygen atoms in total. The Bertz CT molecular complexity index is 474. The van der Waals surface area contributed by atoms with Crippen LogP contribution in [0.5, 0.6) is 0 Å². The number of hydrogen-bond acceptors (Lipinski definition) is 2. The van der Waals surface area contributed by atoms with Gasteiger partial charge in [-0.1, -0.05) is 41.1 Å². The summed E-state index contributed by atoms with van der Waals surface area (Å²) in [4.78, 5) is 2.45. The molecule has 0 unspecified atom stereocenters. The van der Waals surface area contributed by atoms with Gasteiger partial charge in [-0.2, -0.15) is 0 Å². The van der Waals surface area contributed by atoms with E-state index in [0.717, 1.165) is 12.0 Å². The van der Waals surface area contributed by atoms with E-state index in [4.69, 9.17) is 0 Å². The van der Waals surface area contributed by atoms with Crippen molar-refractivity contribution in [3.8, 4) is 0 Å². The molecule has 1 heterocycles. The van der Waals surface area contributed by atoms with Crippen molar-refractivity contribution in [2.45, 2.75) is 44.6 Å². The zero-order valence-electron chi connectivity index (χ0n) is 13.2. The normalized spacial score (nSPS) is 29.1. The lowest BCUT2D eigenvalue weighted by Crippen LogP contribution is -2.48. The summed E-state index contributed by atoms with van der Waals surface area (Å²) in [5, 5.41) is 3.83. The molecule has 0 spiro atoms. The van der Waals surface area contributed by atoms with Crippen molar-refractivity contribution >= 4 is 15.9 Å². The van der Waals surface area contributed by atoms with E-state index >= 15 is 0 Å². The number of piperidine rings is 1. The zero-order chi connectivity index (χ0) is 14.9. The fraction of sp³-hybridized carbons (Fsp3) is 0.667. The molecule has 0 bridgehead atoms. The second-order valence-corrected chi connectivity index (χ2v) is 8.24. The summed E-state index contributed by atoms with van der Waals surface area (Å²) in [5.41, 5.74) is 1.99. The molecular weight excluding hydrogens is 324 g/mol. The van der Waals surface area contributed by atoms with Gasteiger partial charge in [-0.3, -0.25) is 0 Å². The minimum Gasteiger partial charge on any atom is -0.313 e. The first-order valence-corrected chi connectivity index (χ1v) is 9.01. The summed E-state index contributed by atoms with van der Waals surface area (Å²) in [6.07, 6.45) is 5.24. The topological polar surface area (TPSA) is 15.3 Å². The van der Waals surface area contributed by atoms with Gasteiger partial charge >= 0.3 is 0 Å². The number of nitrogens with one attached hydrogen (secondary N) is 1. The standard InChI is InChI=1S/C18H27BrN2/c1-18(7-9-21(2)10-8-18)13-20-15-11-14(12-15)16-5-3-4-6-17(16)19/h3-6,14-15,20H,7-13H2,1-2H3. The van der Waals surface area contributed by atoms with Crippen molar-refractivity contribution in [3.63, 3.8) is 0 Å². The van der Waals surface area contributed by atoms with Crippen LogP contribution in [0.2, 0.25) is 0 Å². The van der Waals surface area contributed by atoms with E-state index in [1.165, 1.54) is 55.4 Å². The Morgan fingerprint density at radius 2 is 1.90 bits per heavy atom. The highest BCUT2D eigenvalue weighted by Crippen LogP contribution is 2.40. The van der Waals surface area contributed by atoms with E-state index in [9.17, 15) is 0 Å². The highest BCUT2D eigenvalue weighted by molar-refractivity contribution is 9.10. The first-order valence-electron chi connectivity index (χ1n) is 8.22. The van der Waals surface area contributed by atoms with Crippen molar-refractivity contribution in [1.82, 2.24) is 10.2 Å². The van der Waals surface area contributed by atoms with E-state index in [0.29, 0.717) is 5.41 Å². The maximum absolute atomic E-state index is 3.83. The van der Waals surface area contributed by atoms with Crippen LogP contribution in [0, 0.1) is 5.41 Å². The molecule has 0 aromatic heterocycles. The van der Waals surface area contributed by atoms with Crippen LogP contribution in [0.15, 0.2) is 28.7 Å². The minimum absolute atomic E-state index is 0.505. The highest BCUT2D eigenvalue weighted by atomic mass is 79.9. The van der Waals surface area contributed by atoms with Gasteiger partial charge in [0.15, 0.2) is 0 Å². The molecule has 1 aliphatic carbocycles. The second kappa shape index (κ2) is 6.39. The van der Waals surface area contributed by atoms with Gasteiger partial charge < -0.3 is 10.2 Å². The third-order valence-electron chi connectivity index (χ3n) is 5.49. The lowest BCUT2D eigenvalue weighted by atomic mass is 9.74. The number of nitrogens with zero attached hydrogens (tertiary/aromatic N) is 1. The average Bonchev–Trinajstić information content (AvgIpc) is 2.43. The van der Waals surface area contributed by atoms with E-state index in [2.05, 4.69) is 64.4 Å². The van der Waals surface area contributed by atoms with Crippen LogP contribution in [0.1, 0.15) is 44.1 Å². The van der Waals surface area contributed by atoms with Gasteiger partial charge in [0.1, 0.15) is 0 Å². The van der Waals surface area contributed by atoms with Crippen LogP contribution in [0.25, 0.3) is 0 Å². The van der Waals surface area contributed by atoms with E-state index in [-0.39, 0.29) is 0 Å². The number of rotatable bonds is 4. The number of halogens is 1. The molecule has 1 aromatic carbocycles. The van der Waals surface area contributed by atoms with Gasteiger partial charge in [0.05, 0.1) is 0 Å². The third kappa shape index (κ3) is 3.69. The lowest BCUT2D eigenvalue weighted by Gasteiger charge is -2.42. The molecule has 1 aromatic rings. The largest absolute Gasteiger partial charge is 0.313 e. The molecular formula is C18H27BrN2. The first-order chi connectivity index (χ1) is 10.1. The Hall–Kier alpha value is -0.380. The molecule has 116 valence electrons. The van der Waals surface area contributed by atoms with Crippen molar-refractivity contribution in [3.05, 3.63) is 34.3 Å². The summed E-state index contributed by atoms with van der Waals surface area (Å²) in [7, 11) is 2.24. The van der Waals surface area contributed by atoms with Crippen LogP contribution < -0.4 is 5.32 Å². The second-order valence-electron chi connectivity index (χ2n) is 7.38. The number of benzene rings is 1. The van der Waals surface area contributed by atoms with Crippen LogP contribution in [-0.2, 0) is 0 Å². The fourth-order valence-corrected chi connectivity index (χ4v) is 4.18. The minimum atomic E-state index is 0.505. The van der Waals surface area contributed by atoms with Crippen molar-refractivity contribution < 1.29 is 0 Å². The maximum atomic E-state index is 3.83. The summed E-state index contributed by atoms with van der Waals surface area (Å²) in [5.74, 6) is 0.739. The molecule has 0 atom stereocenters. The summed E-state index contributed by atoms with van der Waals surface area (Å²) < 4.78 is 1.27. The predicted molar refractivity (Wildman–Crippen MR) is 92.7 cm³/mol. The Morgan fingerprint density at radius 1 is 1.24 bits per heavy atom. The molecule has 21 heavy (non-hydrogen) atoms. The average molecular weight is 351 g/mol. The van der Waals surface area contributed by atoms with Crippen LogP contribution in [-0.4, -0.2) is 37.6 Å². The number of hydrogen-bond donors (Lipinski definition) is 1. The summed E-state index contributed by atoms with van der Waals surface area (Å²) in [6, 6.07) is 9.40. The van der Waals surface area contributed by atoms with Gasteiger partial charge in [0.25, 0.3) is 0 Å². The molecule has 3 rings (SSSR count). The SMILES string of the molecule is CN1CCC(C)(CNC2CC(c3ccccc3Br)C2)CC1. The predicted octanol–water partition coefficient (Wildman–Crippen LogP) is 4.02. The summed E-state index contributed by atoms with van der Waals surface area (Å²) in [6.45, 7) is 6.15. The molecule has 2 fully saturated rings. The number of likely N-dealkylation sites (tertiary alicyclic amines) is 1. The van der Waals surface area contributed by atoms with Gasteiger partial charge in [0.2, 0.25) is 0 Å². The van der Waals surface area contributed by atoms with Gasteiger partial charge in [0, 0.05) is 17.1 Å². The van der Waals surface area contributed by atoms with E-state index in [1.54, 1.807) is 0 Å². The van der Waals surface area contributed by atoms with Crippen molar-refractivity contribution in [2.24, 2.45) is 5.41 Å². The molecule has 1 saturated heterocycles. The smallest absolute Gasteiger partial charge is 0.0210 e. The highest BCUT2D eigenvalue weighted by Gasteiger charge is 2.34. The molecule has 1 aliphatic heterocycles. The van der Waals surface area contributed by atoms with E-state index in [1.807, 2.05) is 0 Å². The molecule has 1 N–H and O–H groups in total. The Kier molecular flexibility index (Phi) is 4.72. The van der Waals surface area contributed by atoms with Crippen LogP contribution >= 0.6 is 15.9 Å².